The second-order valence-corrected chi connectivity index (χ2v) is 2.02. The third-order valence-electron chi connectivity index (χ3n) is 1.14. The minimum Gasteiger partial charge on any atom is -1.00 e. The van der Waals surface area contributed by atoms with Crippen LogP contribution in [-0.4, -0.2) is 11.7 Å². The van der Waals surface area contributed by atoms with Crippen molar-refractivity contribution in [2.75, 3.05) is 6.61 Å². The van der Waals surface area contributed by atoms with Gasteiger partial charge in [-0.05, 0) is 13.8 Å². The van der Waals surface area contributed by atoms with Gasteiger partial charge in [-0.1, -0.05) is 6.07 Å². The van der Waals surface area contributed by atoms with E-state index in [9.17, 15) is 0 Å². The molecule has 0 spiro atoms. The first-order valence-corrected chi connectivity index (χ1v) is 3.90. The normalized spacial score (nSPS) is 7.58. The highest BCUT2D eigenvalue weighted by molar-refractivity contribution is 4.83. The van der Waals surface area contributed by atoms with E-state index in [1.807, 2.05) is 18.2 Å². The van der Waals surface area contributed by atoms with Gasteiger partial charge in [0.15, 0.2) is 12.4 Å². The largest absolute Gasteiger partial charge is 1.00 e. The van der Waals surface area contributed by atoms with Crippen LogP contribution in [0.4, 0.5) is 0 Å². The summed E-state index contributed by atoms with van der Waals surface area (Å²) < 4.78 is 2.12. The molecule has 0 unspecified atom stereocenters. The average molecular weight is 234 g/mol. The van der Waals surface area contributed by atoms with E-state index in [0.717, 1.165) is 6.54 Å². The zero-order chi connectivity index (χ0) is 8.53. The number of hydrogen-bond donors (Lipinski definition) is 1. The van der Waals surface area contributed by atoms with Gasteiger partial charge in [-0.2, -0.15) is 0 Å². The fraction of sp³-hybridized carbons (Fsp3) is 0.444. The molecule has 0 amide bonds. The Morgan fingerprint density at radius 2 is 1.50 bits per heavy atom. The second kappa shape index (κ2) is 10.6. The Hall–Kier alpha value is -0.410. The van der Waals surface area contributed by atoms with Crippen molar-refractivity contribution in [3.8, 4) is 0 Å². The average Bonchev–Trinajstić information content (AvgIpc) is 2.08. The van der Waals surface area contributed by atoms with Crippen molar-refractivity contribution < 1.29 is 26.7 Å². The van der Waals surface area contributed by atoms with Crippen LogP contribution < -0.4 is 21.5 Å². The SMILES string of the molecule is CCO.CC[n+]1ccccc1.[Br-]. The van der Waals surface area contributed by atoms with Gasteiger partial charge in [-0.25, -0.2) is 4.57 Å². The number of aliphatic hydroxyl groups excluding tert-OH is 1. The van der Waals surface area contributed by atoms with Crippen molar-refractivity contribution in [1.29, 1.82) is 0 Å². The molecule has 0 aliphatic rings. The summed E-state index contributed by atoms with van der Waals surface area (Å²) in [7, 11) is 0. The third kappa shape index (κ3) is 7.69. The summed E-state index contributed by atoms with van der Waals surface area (Å²) in [5, 5.41) is 7.57. The number of pyridine rings is 1. The number of hydrogen-bond acceptors (Lipinski definition) is 1. The van der Waals surface area contributed by atoms with E-state index in [-0.39, 0.29) is 23.6 Å². The molecule has 1 heterocycles. The molecule has 3 heteroatoms. The number of nitrogens with zero attached hydrogens (tertiary/aromatic N) is 1. The lowest BCUT2D eigenvalue weighted by molar-refractivity contribution is -0.693. The molecule has 0 atom stereocenters. The first-order chi connectivity index (χ1) is 5.35. The van der Waals surface area contributed by atoms with Crippen LogP contribution in [-0.2, 0) is 6.54 Å². The molecule has 0 radical (unpaired) electrons. The minimum absolute atomic E-state index is 0. The van der Waals surface area contributed by atoms with Crippen LogP contribution in [0.1, 0.15) is 13.8 Å². The van der Waals surface area contributed by atoms with Gasteiger partial charge in [-0.15, -0.1) is 0 Å². The molecule has 2 nitrogen and oxygen atoms in total. The highest BCUT2D eigenvalue weighted by Gasteiger charge is 1.86. The van der Waals surface area contributed by atoms with Crippen molar-refractivity contribution in [2.24, 2.45) is 0 Å². The van der Waals surface area contributed by atoms with E-state index in [4.69, 9.17) is 5.11 Å². The van der Waals surface area contributed by atoms with Crippen LogP contribution in [0.3, 0.4) is 0 Å². The zero-order valence-corrected chi connectivity index (χ0v) is 9.16. The number of aromatic nitrogens is 1. The number of halogens is 1. The monoisotopic (exact) mass is 233 g/mol. The summed E-state index contributed by atoms with van der Waals surface area (Å²) in [5.41, 5.74) is 0. The van der Waals surface area contributed by atoms with Crippen LogP contribution in [0.15, 0.2) is 30.6 Å². The summed E-state index contributed by atoms with van der Waals surface area (Å²) in [6, 6.07) is 6.08. The molecule has 1 aromatic rings. The number of aryl methyl sites for hydroxylation is 1. The summed E-state index contributed by atoms with van der Waals surface area (Å²) in [6.45, 7) is 5.11. The van der Waals surface area contributed by atoms with E-state index in [1.54, 1.807) is 6.92 Å². The van der Waals surface area contributed by atoms with Crippen LogP contribution in [0.2, 0.25) is 0 Å². The van der Waals surface area contributed by atoms with Crippen LogP contribution in [0.5, 0.6) is 0 Å². The van der Waals surface area contributed by atoms with Gasteiger partial charge in [0.2, 0.25) is 0 Å². The van der Waals surface area contributed by atoms with Gasteiger partial charge in [-0.3, -0.25) is 0 Å². The molecule has 0 bridgehead atoms. The lowest BCUT2D eigenvalue weighted by atomic mass is 10.5. The first-order valence-electron chi connectivity index (χ1n) is 3.90. The molecule has 1 aromatic heterocycles. The molecule has 0 aliphatic heterocycles. The molecular weight excluding hydrogens is 218 g/mol. The van der Waals surface area contributed by atoms with Crippen molar-refractivity contribution >= 4 is 0 Å². The third-order valence-corrected chi connectivity index (χ3v) is 1.14. The van der Waals surface area contributed by atoms with Crippen molar-refractivity contribution in [3.05, 3.63) is 30.6 Å². The molecule has 0 fully saturated rings. The maximum atomic E-state index is 7.57. The van der Waals surface area contributed by atoms with E-state index in [2.05, 4.69) is 23.9 Å². The van der Waals surface area contributed by atoms with Crippen LogP contribution >= 0.6 is 0 Å². The molecule has 1 N–H and O–H groups in total. The number of aliphatic hydroxyl groups is 1. The first kappa shape index (κ1) is 14.1. The maximum absolute atomic E-state index is 7.57. The van der Waals surface area contributed by atoms with Gasteiger partial charge >= 0.3 is 0 Å². The van der Waals surface area contributed by atoms with Crippen molar-refractivity contribution in [3.63, 3.8) is 0 Å². The smallest absolute Gasteiger partial charge is 0.168 e. The van der Waals surface area contributed by atoms with Gasteiger partial charge < -0.3 is 22.1 Å². The van der Waals surface area contributed by atoms with E-state index < -0.39 is 0 Å². The lowest BCUT2D eigenvalue weighted by Crippen LogP contribution is -3.00. The van der Waals surface area contributed by atoms with E-state index in [1.165, 1.54) is 0 Å². The molecular formula is C9H16BrNO. The Labute approximate surface area is 84.6 Å². The van der Waals surface area contributed by atoms with E-state index in [0.29, 0.717) is 0 Å². The minimum atomic E-state index is 0. The Morgan fingerprint density at radius 1 is 1.08 bits per heavy atom. The maximum Gasteiger partial charge on any atom is 0.168 e. The van der Waals surface area contributed by atoms with Gasteiger partial charge in [0.05, 0.1) is 0 Å². The standard InChI is InChI=1S/C7H10N.C2H6O.BrH/c1-2-8-6-4-3-5-7-8;1-2-3;/h3-7H,2H2,1H3;3H,2H2,1H3;1H/q+1;;/p-1. The predicted molar refractivity (Wildman–Crippen MR) is 45.1 cm³/mol. The Kier molecular flexibility index (Phi) is 12.5. The highest BCUT2D eigenvalue weighted by atomic mass is 79.9. The van der Waals surface area contributed by atoms with E-state index >= 15 is 0 Å². The van der Waals surface area contributed by atoms with Crippen molar-refractivity contribution in [1.82, 2.24) is 0 Å². The summed E-state index contributed by atoms with van der Waals surface area (Å²) in [6.07, 6.45) is 4.11. The Bertz CT molecular complexity index is 167. The summed E-state index contributed by atoms with van der Waals surface area (Å²) >= 11 is 0. The molecule has 12 heavy (non-hydrogen) atoms. The molecule has 70 valence electrons. The molecule has 1 rings (SSSR count). The quantitative estimate of drug-likeness (QED) is 0.558. The second-order valence-electron chi connectivity index (χ2n) is 2.02. The molecule has 0 aliphatic carbocycles. The topological polar surface area (TPSA) is 24.1 Å². The van der Waals surface area contributed by atoms with Crippen molar-refractivity contribution in [2.45, 2.75) is 20.4 Å². The summed E-state index contributed by atoms with van der Waals surface area (Å²) in [4.78, 5) is 0. The zero-order valence-electron chi connectivity index (χ0n) is 7.57. The summed E-state index contributed by atoms with van der Waals surface area (Å²) in [5.74, 6) is 0. The van der Waals surface area contributed by atoms with Gasteiger partial charge in [0, 0.05) is 18.7 Å². The fourth-order valence-electron chi connectivity index (χ4n) is 0.645. The lowest BCUT2D eigenvalue weighted by Gasteiger charge is -1.84. The predicted octanol–water partition coefficient (Wildman–Crippen LogP) is -2.00. The number of rotatable bonds is 1. The molecule has 0 saturated carbocycles. The highest BCUT2D eigenvalue weighted by Crippen LogP contribution is 1.74. The Morgan fingerprint density at radius 3 is 1.75 bits per heavy atom. The molecule has 0 aromatic carbocycles. The molecule has 0 saturated heterocycles. The Balaban J connectivity index is 0. The van der Waals surface area contributed by atoms with Crippen LogP contribution in [0.25, 0.3) is 0 Å². The van der Waals surface area contributed by atoms with Crippen LogP contribution in [0, 0.1) is 0 Å². The fourth-order valence-corrected chi connectivity index (χ4v) is 0.645. The van der Waals surface area contributed by atoms with Gasteiger partial charge in [0.1, 0.15) is 6.54 Å². The van der Waals surface area contributed by atoms with Gasteiger partial charge in [0.25, 0.3) is 0 Å².